The van der Waals surface area contributed by atoms with Gasteiger partial charge in [0.1, 0.15) is 0 Å². The molecular weight excluding hydrogens is 268 g/mol. The fraction of sp³-hybridized carbons (Fsp3) is 0.875. The molecule has 1 saturated heterocycles. The number of piperidine rings is 1. The lowest BCUT2D eigenvalue weighted by Gasteiger charge is -2.46. The van der Waals surface area contributed by atoms with Crippen LogP contribution >= 0.6 is 0 Å². The molecule has 2 fully saturated rings. The normalized spacial score (nSPS) is 36.0. The first-order chi connectivity index (χ1) is 9.84. The molecule has 0 radical (unpaired) electrons. The van der Waals surface area contributed by atoms with Gasteiger partial charge in [-0.2, -0.15) is 0 Å². The smallest absolute Gasteiger partial charge is 0.307 e. The van der Waals surface area contributed by atoms with Gasteiger partial charge < -0.3 is 15.7 Å². The molecule has 0 bridgehead atoms. The number of carboxylic acids is 1. The highest BCUT2D eigenvalue weighted by molar-refractivity contribution is 5.79. The number of hydrogen-bond acceptors (Lipinski definition) is 3. The third-order valence-corrected chi connectivity index (χ3v) is 5.73. The molecule has 120 valence electrons. The number of carboxylic acid groups (broad SMARTS) is 1. The average molecular weight is 296 g/mol. The maximum atomic E-state index is 12.4. The van der Waals surface area contributed by atoms with Crippen LogP contribution < -0.4 is 10.6 Å². The van der Waals surface area contributed by atoms with E-state index in [0.29, 0.717) is 6.42 Å². The number of nitrogens with one attached hydrogen (secondary N) is 2. The van der Waals surface area contributed by atoms with Crippen LogP contribution in [0.3, 0.4) is 0 Å². The summed E-state index contributed by atoms with van der Waals surface area (Å²) in [5.41, 5.74) is -0.299. The molecule has 21 heavy (non-hydrogen) atoms. The summed E-state index contributed by atoms with van der Waals surface area (Å²) in [6.45, 7) is 7.85. The Labute approximate surface area is 126 Å². The van der Waals surface area contributed by atoms with Crippen LogP contribution in [0.4, 0.5) is 0 Å². The van der Waals surface area contributed by atoms with E-state index in [1.807, 2.05) is 13.8 Å². The summed E-state index contributed by atoms with van der Waals surface area (Å²) in [4.78, 5) is 23.8. The number of carbonyl (C=O) groups excluding carboxylic acids is 1. The Morgan fingerprint density at radius 3 is 2.52 bits per heavy atom. The molecule has 1 saturated carbocycles. The SMILES string of the molecule is CC1C(NC(=O)[C@H]2CCCNC2)CCC(C(=O)O)C1(C)C. The molecule has 1 aliphatic carbocycles. The van der Waals surface area contributed by atoms with E-state index in [2.05, 4.69) is 17.6 Å². The Bertz CT molecular complexity index is 402. The highest BCUT2D eigenvalue weighted by atomic mass is 16.4. The van der Waals surface area contributed by atoms with Crippen LogP contribution in [0.2, 0.25) is 0 Å². The minimum Gasteiger partial charge on any atom is -0.481 e. The first-order valence-corrected chi connectivity index (χ1v) is 8.08. The summed E-state index contributed by atoms with van der Waals surface area (Å²) >= 11 is 0. The van der Waals surface area contributed by atoms with Gasteiger partial charge in [0.15, 0.2) is 0 Å². The number of aliphatic carboxylic acids is 1. The summed E-state index contributed by atoms with van der Waals surface area (Å²) in [5.74, 6) is -0.687. The zero-order valence-electron chi connectivity index (χ0n) is 13.3. The molecule has 0 aromatic heterocycles. The van der Waals surface area contributed by atoms with Crippen LogP contribution in [0.5, 0.6) is 0 Å². The first-order valence-electron chi connectivity index (χ1n) is 8.08. The maximum Gasteiger partial charge on any atom is 0.307 e. The molecule has 3 N–H and O–H groups in total. The lowest BCUT2D eigenvalue weighted by molar-refractivity contribution is -0.150. The molecule has 0 spiro atoms. The van der Waals surface area contributed by atoms with Crippen molar-refractivity contribution < 1.29 is 14.7 Å². The number of rotatable bonds is 3. The van der Waals surface area contributed by atoms with E-state index < -0.39 is 5.97 Å². The summed E-state index contributed by atoms with van der Waals surface area (Å²) in [6.07, 6.45) is 3.39. The van der Waals surface area contributed by atoms with Gasteiger partial charge in [-0.15, -0.1) is 0 Å². The molecule has 5 nitrogen and oxygen atoms in total. The first kappa shape index (κ1) is 16.3. The van der Waals surface area contributed by atoms with Gasteiger partial charge in [-0.3, -0.25) is 9.59 Å². The van der Waals surface area contributed by atoms with Crippen molar-refractivity contribution >= 4 is 11.9 Å². The minimum atomic E-state index is -0.715. The lowest BCUT2D eigenvalue weighted by atomic mass is 9.61. The van der Waals surface area contributed by atoms with E-state index in [1.54, 1.807) is 0 Å². The van der Waals surface area contributed by atoms with Crippen LogP contribution in [0.1, 0.15) is 46.5 Å². The van der Waals surface area contributed by atoms with Gasteiger partial charge in [0.05, 0.1) is 11.8 Å². The third-order valence-electron chi connectivity index (χ3n) is 5.73. The maximum absolute atomic E-state index is 12.4. The highest BCUT2D eigenvalue weighted by Gasteiger charge is 2.46. The molecule has 2 aliphatic rings. The zero-order valence-corrected chi connectivity index (χ0v) is 13.3. The molecule has 1 aliphatic heterocycles. The Kier molecular flexibility index (Phi) is 4.91. The second-order valence-corrected chi connectivity index (χ2v) is 7.24. The molecule has 1 heterocycles. The van der Waals surface area contributed by atoms with Gasteiger partial charge >= 0.3 is 5.97 Å². The molecule has 3 unspecified atom stereocenters. The molecule has 0 aromatic carbocycles. The number of hydrogen-bond donors (Lipinski definition) is 3. The fourth-order valence-electron chi connectivity index (χ4n) is 3.82. The second-order valence-electron chi connectivity index (χ2n) is 7.24. The van der Waals surface area contributed by atoms with Gasteiger partial charge in [-0.05, 0) is 43.6 Å². The predicted octanol–water partition coefficient (Wildman–Crippen LogP) is 1.63. The van der Waals surface area contributed by atoms with Crippen LogP contribution in [-0.4, -0.2) is 36.1 Å². The van der Waals surface area contributed by atoms with Gasteiger partial charge in [-0.25, -0.2) is 0 Å². The van der Waals surface area contributed by atoms with E-state index in [9.17, 15) is 14.7 Å². The van der Waals surface area contributed by atoms with Crippen molar-refractivity contribution in [2.75, 3.05) is 13.1 Å². The van der Waals surface area contributed by atoms with E-state index >= 15 is 0 Å². The van der Waals surface area contributed by atoms with E-state index in [0.717, 1.165) is 32.4 Å². The molecule has 0 aromatic rings. The number of carbonyl (C=O) groups is 2. The Morgan fingerprint density at radius 1 is 1.24 bits per heavy atom. The Hall–Kier alpha value is -1.10. The highest BCUT2D eigenvalue weighted by Crippen LogP contribution is 2.45. The monoisotopic (exact) mass is 296 g/mol. The molecular formula is C16H28N2O3. The standard InChI is InChI=1S/C16H28N2O3/c1-10-13(7-6-12(15(20)21)16(10,2)3)18-14(19)11-5-4-8-17-9-11/h10-13,17H,4-9H2,1-3H3,(H,18,19)(H,20,21)/t10?,11-,12?,13?/m0/s1. The molecule has 2 rings (SSSR count). The molecule has 4 atom stereocenters. The zero-order chi connectivity index (χ0) is 15.6. The summed E-state index contributed by atoms with van der Waals surface area (Å²) < 4.78 is 0. The van der Waals surface area contributed by atoms with Crippen LogP contribution in [-0.2, 0) is 9.59 Å². The van der Waals surface area contributed by atoms with Gasteiger partial charge in [-0.1, -0.05) is 20.8 Å². The van der Waals surface area contributed by atoms with E-state index in [-0.39, 0.29) is 35.1 Å². The topological polar surface area (TPSA) is 78.4 Å². The van der Waals surface area contributed by atoms with Crippen molar-refractivity contribution in [2.24, 2.45) is 23.2 Å². The van der Waals surface area contributed by atoms with Crippen LogP contribution in [0.15, 0.2) is 0 Å². The largest absolute Gasteiger partial charge is 0.481 e. The summed E-state index contributed by atoms with van der Waals surface area (Å²) in [6, 6.07) is 0.0880. The van der Waals surface area contributed by atoms with Crippen molar-refractivity contribution in [2.45, 2.75) is 52.5 Å². The van der Waals surface area contributed by atoms with Crippen molar-refractivity contribution in [1.82, 2.24) is 10.6 Å². The minimum absolute atomic E-state index is 0.0614. The van der Waals surface area contributed by atoms with E-state index in [4.69, 9.17) is 0 Å². The quantitative estimate of drug-likeness (QED) is 0.739. The lowest BCUT2D eigenvalue weighted by Crippen LogP contribution is -2.54. The third kappa shape index (κ3) is 3.39. The van der Waals surface area contributed by atoms with Crippen molar-refractivity contribution in [3.63, 3.8) is 0 Å². The van der Waals surface area contributed by atoms with Crippen molar-refractivity contribution in [1.29, 1.82) is 0 Å². The van der Waals surface area contributed by atoms with Crippen molar-refractivity contribution in [3.05, 3.63) is 0 Å². The number of amides is 1. The predicted molar refractivity (Wildman–Crippen MR) is 80.8 cm³/mol. The van der Waals surface area contributed by atoms with Crippen LogP contribution in [0, 0.1) is 23.2 Å². The van der Waals surface area contributed by atoms with Gasteiger partial charge in [0.25, 0.3) is 0 Å². The van der Waals surface area contributed by atoms with E-state index in [1.165, 1.54) is 0 Å². The molecule has 1 amide bonds. The average Bonchev–Trinajstić information content (AvgIpc) is 2.44. The summed E-state index contributed by atoms with van der Waals surface area (Å²) in [5, 5.41) is 15.8. The van der Waals surface area contributed by atoms with Gasteiger partial charge in [0.2, 0.25) is 5.91 Å². The fourth-order valence-corrected chi connectivity index (χ4v) is 3.82. The van der Waals surface area contributed by atoms with Crippen LogP contribution in [0.25, 0.3) is 0 Å². The summed E-state index contributed by atoms with van der Waals surface area (Å²) in [7, 11) is 0. The Balaban J connectivity index is 1.98. The van der Waals surface area contributed by atoms with Gasteiger partial charge in [0, 0.05) is 12.6 Å². The Morgan fingerprint density at radius 2 is 1.95 bits per heavy atom. The second kappa shape index (κ2) is 6.34. The van der Waals surface area contributed by atoms with Crippen molar-refractivity contribution in [3.8, 4) is 0 Å². The molecule has 5 heteroatoms.